The maximum Gasteiger partial charge on any atom is 0.333 e. The second-order valence-corrected chi connectivity index (χ2v) is 6.57. The van der Waals surface area contributed by atoms with Crippen LogP contribution < -0.4 is 0 Å². The zero-order valence-corrected chi connectivity index (χ0v) is 13.6. The van der Waals surface area contributed by atoms with Gasteiger partial charge in [-0.2, -0.15) is 0 Å². The summed E-state index contributed by atoms with van der Waals surface area (Å²) in [6.07, 6.45) is 8.13. The minimum Gasteiger partial charge on any atom is -0.457 e. The molecule has 112 valence electrons. The molecule has 0 fully saturated rings. The zero-order chi connectivity index (χ0) is 14.9. The summed E-state index contributed by atoms with van der Waals surface area (Å²) in [5.41, 5.74) is 0.188. The molecule has 0 aromatic carbocycles. The van der Waals surface area contributed by atoms with Crippen LogP contribution in [0.15, 0.2) is 12.2 Å². The molecule has 0 aromatic heterocycles. The van der Waals surface area contributed by atoms with Gasteiger partial charge in [0.1, 0.15) is 5.60 Å². The van der Waals surface area contributed by atoms with E-state index in [9.17, 15) is 4.79 Å². The minimum atomic E-state index is -0.420. The average molecular weight is 268 g/mol. The van der Waals surface area contributed by atoms with Crippen LogP contribution in [0.4, 0.5) is 0 Å². The van der Waals surface area contributed by atoms with E-state index in [0.29, 0.717) is 5.57 Å². The van der Waals surface area contributed by atoms with E-state index in [2.05, 4.69) is 20.4 Å². The van der Waals surface area contributed by atoms with E-state index in [-0.39, 0.29) is 5.97 Å². The summed E-state index contributed by atoms with van der Waals surface area (Å²) in [6.45, 7) is 14.0. The summed E-state index contributed by atoms with van der Waals surface area (Å²) in [6, 6.07) is 0. The lowest BCUT2D eigenvalue weighted by Crippen LogP contribution is -2.24. The van der Waals surface area contributed by atoms with Crippen LogP contribution in [0.1, 0.15) is 79.6 Å². The lowest BCUT2D eigenvalue weighted by molar-refractivity contribution is -0.150. The highest BCUT2D eigenvalue weighted by molar-refractivity contribution is 5.87. The Morgan fingerprint density at radius 3 is 2.26 bits per heavy atom. The predicted octanol–water partition coefficient (Wildman–Crippen LogP) is 5.27. The van der Waals surface area contributed by atoms with E-state index in [0.717, 1.165) is 18.8 Å². The lowest BCUT2D eigenvalue weighted by Gasteiger charge is -2.20. The quantitative estimate of drug-likeness (QED) is 0.323. The van der Waals surface area contributed by atoms with Crippen LogP contribution in [0.5, 0.6) is 0 Å². The van der Waals surface area contributed by atoms with E-state index in [4.69, 9.17) is 4.74 Å². The van der Waals surface area contributed by atoms with Crippen molar-refractivity contribution in [1.82, 2.24) is 0 Å². The second-order valence-electron chi connectivity index (χ2n) is 6.57. The van der Waals surface area contributed by atoms with Gasteiger partial charge in [-0.25, -0.2) is 4.79 Å². The molecule has 0 saturated carbocycles. The molecule has 0 bridgehead atoms. The van der Waals surface area contributed by atoms with Gasteiger partial charge in [-0.05, 0) is 39.5 Å². The Morgan fingerprint density at radius 2 is 1.74 bits per heavy atom. The van der Waals surface area contributed by atoms with Crippen molar-refractivity contribution >= 4 is 5.97 Å². The number of carbonyl (C=O) groups is 1. The first kappa shape index (κ1) is 18.2. The topological polar surface area (TPSA) is 26.3 Å². The summed E-state index contributed by atoms with van der Waals surface area (Å²) in [5.74, 6) is 0.601. The van der Waals surface area contributed by atoms with Crippen LogP contribution in [-0.4, -0.2) is 11.6 Å². The van der Waals surface area contributed by atoms with Gasteiger partial charge in [0.25, 0.3) is 0 Å². The van der Waals surface area contributed by atoms with Crippen LogP contribution in [-0.2, 0) is 9.53 Å². The maximum atomic E-state index is 11.7. The fraction of sp³-hybridized carbons (Fsp3) is 0.824. The fourth-order valence-electron chi connectivity index (χ4n) is 1.84. The predicted molar refractivity (Wildman–Crippen MR) is 82.1 cm³/mol. The molecule has 0 aliphatic carbocycles. The Bertz CT molecular complexity index is 273. The highest BCUT2D eigenvalue weighted by atomic mass is 16.6. The molecule has 0 radical (unpaired) electrons. The van der Waals surface area contributed by atoms with Gasteiger partial charge in [-0.1, -0.05) is 52.5 Å². The van der Waals surface area contributed by atoms with Crippen LogP contribution in [0.2, 0.25) is 0 Å². The Balaban J connectivity index is 3.61. The highest BCUT2D eigenvalue weighted by Crippen LogP contribution is 2.17. The summed E-state index contributed by atoms with van der Waals surface area (Å²) in [4.78, 5) is 11.7. The first-order valence-electron chi connectivity index (χ1n) is 7.67. The van der Waals surface area contributed by atoms with Gasteiger partial charge in [-0.3, -0.25) is 0 Å². The van der Waals surface area contributed by atoms with Crippen molar-refractivity contribution in [2.45, 2.75) is 85.2 Å². The molecule has 0 aromatic rings. The van der Waals surface area contributed by atoms with Gasteiger partial charge in [0.05, 0.1) is 0 Å². The van der Waals surface area contributed by atoms with Crippen molar-refractivity contribution in [3.8, 4) is 0 Å². The van der Waals surface area contributed by atoms with Gasteiger partial charge < -0.3 is 4.74 Å². The average Bonchev–Trinajstić information content (AvgIpc) is 2.30. The monoisotopic (exact) mass is 268 g/mol. The number of esters is 1. The number of carbonyl (C=O) groups excluding carboxylic acids is 1. The molecule has 19 heavy (non-hydrogen) atoms. The van der Waals surface area contributed by atoms with E-state index < -0.39 is 5.60 Å². The van der Waals surface area contributed by atoms with Crippen molar-refractivity contribution in [3.05, 3.63) is 12.2 Å². The van der Waals surface area contributed by atoms with Gasteiger partial charge >= 0.3 is 5.97 Å². The van der Waals surface area contributed by atoms with Gasteiger partial charge in [0.15, 0.2) is 0 Å². The van der Waals surface area contributed by atoms with Crippen molar-refractivity contribution in [2.24, 2.45) is 5.92 Å². The summed E-state index contributed by atoms with van der Waals surface area (Å²) >= 11 is 0. The van der Waals surface area contributed by atoms with Gasteiger partial charge in [-0.15, -0.1) is 0 Å². The van der Waals surface area contributed by atoms with E-state index in [1.807, 2.05) is 20.8 Å². The van der Waals surface area contributed by atoms with Gasteiger partial charge in [0.2, 0.25) is 0 Å². The first-order chi connectivity index (χ1) is 8.76. The van der Waals surface area contributed by atoms with E-state index in [1.54, 1.807) is 0 Å². The third-order valence-corrected chi connectivity index (χ3v) is 3.31. The van der Waals surface area contributed by atoms with Crippen LogP contribution in [0, 0.1) is 5.92 Å². The first-order valence-corrected chi connectivity index (χ1v) is 7.67. The molecule has 0 heterocycles. The van der Waals surface area contributed by atoms with Crippen molar-refractivity contribution in [2.75, 3.05) is 0 Å². The highest BCUT2D eigenvalue weighted by Gasteiger charge is 2.18. The maximum absolute atomic E-state index is 11.7. The molecular weight excluding hydrogens is 236 g/mol. The second kappa shape index (κ2) is 9.17. The van der Waals surface area contributed by atoms with Gasteiger partial charge in [0, 0.05) is 5.57 Å². The third kappa shape index (κ3) is 10.8. The Kier molecular flexibility index (Phi) is 8.79. The van der Waals surface area contributed by atoms with E-state index >= 15 is 0 Å². The molecule has 0 amide bonds. The standard InChI is InChI=1S/C17H32O2/c1-7-14(2)12-10-8-9-11-13-15(3)16(18)19-17(4,5)6/h14H,3,7-13H2,1-2,4-6H3. The molecule has 0 aliphatic heterocycles. The largest absolute Gasteiger partial charge is 0.457 e. The number of ether oxygens (including phenoxy) is 1. The van der Waals surface area contributed by atoms with Crippen molar-refractivity contribution in [3.63, 3.8) is 0 Å². The third-order valence-electron chi connectivity index (χ3n) is 3.31. The molecule has 0 rings (SSSR count). The summed E-state index contributed by atoms with van der Waals surface area (Å²) in [7, 11) is 0. The normalized spacial score (nSPS) is 13.1. The van der Waals surface area contributed by atoms with Crippen LogP contribution in [0.3, 0.4) is 0 Å². The molecule has 0 saturated heterocycles. The molecule has 1 unspecified atom stereocenters. The number of unbranched alkanes of at least 4 members (excludes halogenated alkanes) is 3. The number of rotatable bonds is 9. The molecule has 0 N–H and O–H groups in total. The summed E-state index contributed by atoms with van der Waals surface area (Å²) < 4.78 is 5.29. The number of hydrogen-bond donors (Lipinski definition) is 0. The smallest absolute Gasteiger partial charge is 0.333 e. The zero-order valence-electron chi connectivity index (χ0n) is 13.6. The minimum absolute atomic E-state index is 0.243. The van der Waals surface area contributed by atoms with E-state index in [1.165, 1.54) is 32.1 Å². The number of hydrogen-bond acceptors (Lipinski definition) is 2. The SMILES string of the molecule is C=C(CCCCCCC(C)CC)C(=O)OC(C)(C)C. The van der Waals surface area contributed by atoms with Crippen LogP contribution >= 0.6 is 0 Å². The van der Waals surface area contributed by atoms with Crippen LogP contribution in [0.25, 0.3) is 0 Å². The fourth-order valence-corrected chi connectivity index (χ4v) is 1.84. The Morgan fingerprint density at radius 1 is 1.16 bits per heavy atom. The summed E-state index contributed by atoms with van der Waals surface area (Å²) in [5, 5.41) is 0. The molecular formula is C17H32O2. The Hall–Kier alpha value is -0.790. The lowest BCUT2D eigenvalue weighted by atomic mass is 9.99. The Labute approximate surface area is 119 Å². The van der Waals surface area contributed by atoms with Crippen molar-refractivity contribution < 1.29 is 9.53 Å². The molecule has 0 aliphatic rings. The molecule has 0 spiro atoms. The molecule has 1 atom stereocenters. The molecule has 2 heteroatoms. The van der Waals surface area contributed by atoms with Crippen molar-refractivity contribution in [1.29, 1.82) is 0 Å². The molecule has 2 nitrogen and oxygen atoms in total.